The molecule has 6 heteroatoms. The number of carbonyl (C=O) groups is 2. The highest BCUT2D eigenvalue weighted by atomic mass is 16.5. The highest BCUT2D eigenvalue weighted by molar-refractivity contribution is 5.84. The summed E-state index contributed by atoms with van der Waals surface area (Å²) < 4.78 is 5.30. The number of hydrogen-bond donors (Lipinski definition) is 2. The van der Waals surface area contributed by atoms with Crippen LogP contribution in [0, 0.1) is 11.3 Å². The first-order valence-electron chi connectivity index (χ1n) is 7.32. The molecule has 0 aromatic heterocycles. The van der Waals surface area contributed by atoms with E-state index < -0.39 is 11.9 Å². The van der Waals surface area contributed by atoms with Crippen LogP contribution in [-0.4, -0.2) is 60.8 Å². The second-order valence-electron chi connectivity index (χ2n) is 5.95. The van der Waals surface area contributed by atoms with Crippen molar-refractivity contribution < 1.29 is 19.4 Å². The summed E-state index contributed by atoms with van der Waals surface area (Å²) in [7, 11) is 0. The van der Waals surface area contributed by atoms with Crippen LogP contribution in [0.5, 0.6) is 0 Å². The van der Waals surface area contributed by atoms with Gasteiger partial charge in [0.25, 0.3) is 0 Å². The molecule has 2 saturated heterocycles. The SMILES string of the molecule is CCN(C(=O)C1(C)CCNCC1)C1COCC1C(=O)O. The van der Waals surface area contributed by atoms with Crippen LogP contribution >= 0.6 is 0 Å². The van der Waals surface area contributed by atoms with Crippen LogP contribution in [-0.2, 0) is 14.3 Å². The predicted molar refractivity (Wildman–Crippen MR) is 73.3 cm³/mol. The fourth-order valence-electron chi connectivity index (χ4n) is 3.15. The third-order valence-electron chi connectivity index (χ3n) is 4.59. The highest BCUT2D eigenvalue weighted by Crippen LogP contribution is 2.33. The summed E-state index contributed by atoms with van der Waals surface area (Å²) in [5.41, 5.74) is -0.382. The molecule has 0 radical (unpaired) electrons. The Balaban J connectivity index is 2.14. The first kappa shape index (κ1) is 15.3. The minimum Gasteiger partial charge on any atom is -0.481 e. The maximum atomic E-state index is 12.9. The van der Waals surface area contributed by atoms with Gasteiger partial charge in [0.05, 0.1) is 19.3 Å². The van der Waals surface area contributed by atoms with Crippen molar-refractivity contribution in [1.82, 2.24) is 10.2 Å². The number of carboxylic acid groups (broad SMARTS) is 1. The van der Waals surface area contributed by atoms with E-state index in [-0.39, 0.29) is 24.0 Å². The van der Waals surface area contributed by atoms with Gasteiger partial charge in [-0.15, -0.1) is 0 Å². The van der Waals surface area contributed by atoms with Gasteiger partial charge in [0, 0.05) is 12.0 Å². The van der Waals surface area contributed by atoms with Gasteiger partial charge in [0.15, 0.2) is 0 Å². The van der Waals surface area contributed by atoms with Crippen LogP contribution in [0.25, 0.3) is 0 Å². The third kappa shape index (κ3) is 2.81. The number of nitrogens with zero attached hydrogens (tertiary/aromatic N) is 1. The highest BCUT2D eigenvalue weighted by Gasteiger charge is 2.44. The van der Waals surface area contributed by atoms with Crippen molar-refractivity contribution in [1.29, 1.82) is 0 Å². The Hall–Kier alpha value is -1.14. The zero-order chi connectivity index (χ0) is 14.8. The average molecular weight is 284 g/mol. The van der Waals surface area contributed by atoms with E-state index in [1.165, 1.54) is 0 Å². The van der Waals surface area contributed by atoms with Crippen molar-refractivity contribution in [2.75, 3.05) is 32.8 Å². The number of ether oxygens (including phenoxy) is 1. The Morgan fingerprint density at radius 3 is 2.55 bits per heavy atom. The molecule has 2 unspecified atom stereocenters. The molecule has 2 aliphatic heterocycles. The zero-order valence-electron chi connectivity index (χ0n) is 12.2. The molecule has 20 heavy (non-hydrogen) atoms. The Morgan fingerprint density at radius 1 is 1.35 bits per heavy atom. The van der Waals surface area contributed by atoms with E-state index in [2.05, 4.69) is 5.32 Å². The topological polar surface area (TPSA) is 78.9 Å². The molecule has 2 N–H and O–H groups in total. The van der Waals surface area contributed by atoms with E-state index in [4.69, 9.17) is 4.74 Å². The molecule has 0 aliphatic carbocycles. The largest absolute Gasteiger partial charge is 0.481 e. The van der Waals surface area contributed by atoms with Crippen molar-refractivity contribution in [3.05, 3.63) is 0 Å². The average Bonchev–Trinajstić information content (AvgIpc) is 2.90. The maximum absolute atomic E-state index is 12.9. The van der Waals surface area contributed by atoms with Gasteiger partial charge in [-0.25, -0.2) is 0 Å². The van der Waals surface area contributed by atoms with Gasteiger partial charge in [-0.3, -0.25) is 9.59 Å². The normalized spacial score (nSPS) is 29.1. The zero-order valence-corrected chi connectivity index (χ0v) is 12.2. The lowest BCUT2D eigenvalue weighted by atomic mass is 9.79. The van der Waals surface area contributed by atoms with Crippen LogP contribution in [0.3, 0.4) is 0 Å². The second-order valence-corrected chi connectivity index (χ2v) is 5.95. The molecular weight excluding hydrogens is 260 g/mol. The van der Waals surface area contributed by atoms with Crippen LogP contribution in [0.2, 0.25) is 0 Å². The predicted octanol–water partition coefficient (Wildman–Crippen LogP) is 0.324. The monoisotopic (exact) mass is 284 g/mol. The summed E-state index contributed by atoms with van der Waals surface area (Å²) >= 11 is 0. The molecular formula is C14H24N2O4. The molecule has 0 aromatic carbocycles. The number of likely N-dealkylation sites (N-methyl/N-ethyl adjacent to an activating group) is 1. The Labute approximate surface area is 119 Å². The van der Waals surface area contributed by atoms with E-state index in [1.807, 2.05) is 13.8 Å². The van der Waals surface area contributed by atoms with Crippen molar-refractivity contribution in [2.24, 2.45) is 11.3 Å². The summed E-state index contributed by atoms with van der Waals surface area (Å²) in [6.07, 6.45) is 1.60. The molecule has 2 atom stereocenters. The molecule has 114 valence electrons. The molecule has 6 nitrogen and oxygen atoms in total. The first-order chi connectivity index (χ1) is 9.49. The Morgan fingerprint density at radius 2 is 2.00 bits per heavy atom. The fraction of sp³-hybridized carbons (Fsp3) is 0.857. The van der Waals surface area contributed by atoms with Crippen LogP contribution in [0.4, 0.5) is 0 Å². The van der Waals surface area contributed by atoms with Crippen molar-refractivity contribution in [3.8, 4) is 0 Å². The van der Waals surface area contributed by atoms with E-state index in [1.54, 1.807) is 4.90 Å². The van der Waals surface area contributed by atoms with Gasteiger partial charge in [-0.05, 0) is 32.9 Å². The van der Waals surface area contributed by atoms with Crippen LogP contribution in [0.15, 0.2) is 0 Å². The first-order valence-corrected chi connectivity index (χ1v) is 7.32. The minimum absolute atomic E-state index is 0.0725. The van der Waals surface area contributed by atoms with Crippen molar-refractivity contribution in [2.45, 2.75) is 32.7 Å². The summed E-state index contributed by atoms with van der Waals surface area (Å²) in [6, 6.07) is -0.336. The smallest absolute Gasteiger partial charge is 0.311 e. The molecule has 2 rings (SSSR count). The number of aliphatic carboxylic acids is 1. The quantitative estimate of drug-likeness (QED) is 0.777. The van der Waals surface area contributed by atoms with Crippen LogP contribution in [0.1, 0.15) is 26.7 Å². The Kier molecular flexibility index (Phi) is 4.65. The lowest BCUT2D eigenvalue weighted by molar-refractivity contribution is -0.149. The fourth-order valence-corrected chi connectivity index (χ4v) is 3.15. The molecule has 2 fully saturated rings. The molecule has 2 aliphatic rings. The van der Waals surface area contributed by atoms with Gasteiger partial charge in [0.2, 0.25) is 5.91 Å². The number of amides is 1. The number of carboxylic acids is 1. The maximum Gasteiger partial charge on any atom is 0.311 e. The molecule has 1 amide bonds. The number of piperidine rings is 1. The van der Waals surface area contributed by atoms with E-state index in [0.29, 0.717) is 13.2 Å². The summed E-state index contributed by atoms with van der Waals surface area (Å²) in [4.78, 5) is 25.9. The van der Waals surface area contributed by atoms with E-state index in [9.17, 15) is 14.7 Å². The molecule has 0 saturated carbocycles. The molecule has 0 aromatic rings. The standard InChI is InChI=1S/C14H24N2O4/c1-3-16(11-9-20-8-10(11)12(17)18)13(19)14(2)4-6-15-7-5-14/h10-11,15H,3-9H2,1-2H3,(H,17,18). The van der Waals surface area contributed by atoms with Gasteiger partial charge >= 0.3 is 5.97 Å². The number of hydrogen-bond acceptors (Lipinski definition) is 4. The summed E-state index contributed by atoms with van der Waals surface area (Å²) in [5, 5.41) is 12.5. The summed E-state index contributed by atoms with van der Waals surface area (Å²) in [6.45, 7) is 6.61. The number of rotatable bonds is 4. The van der Waals surface area contributed by atoms with Gasteiger partial charge in [0.1, 0.15) is 5.92 Å². The van der Waals surface area contributed by atoms with Crippen molar-refractivity contribution >= 4 is 11.9 Å². The lowest BCUT2D eigenvalue weighted by Gasteiger charge is -2.40. The molecule has 0 bridgehead atoms. The number of carbonyl (C=O) groups excluding carboxylic acids is 1. The summed E-state index contributed by atoms with van der Waals surface area (Å²) in [5.74, 6) is -1.42. The molecule has 0 spiro atoms. The third-order valence-corrected chi connectivity index (χ3v) is 4.59. The van der Waals surface area contributed by atoms with Crippen molar-refractivity contribution in [3.63, 3.8) is 0 Å². The molecule has 2 heterocycles. The second kappa shape index (κ2) is 6.10. The van der Waals surface area contributed by atoms with Gasteiger partial charge in [-0.1, -0.05) is 6.92 Å². The van der Waals surface area contributed by atoms with E-state index in [0.717, 1.165) is 25.9 Å². The van der Waals surface area contributed by atoms with Gasteiger partial charge in [-0.2, -0.15) is 0 Å². The van der Waals surface area contributed by atoms with Gasteiger partial charge < -0.3 is 20.1 Å². The van der Waals surface area contributed by atoms with E-state index >= 15 is 0 Å². The lowest BCUT2D eigenvalue weighted by Crippen LogP contribution is -2.53. The van der Waals surface area contributed by atoms with Crippen LogP contribution < -0.4 is 5.32 Å². The Bertz CT molecular complexity index is 379. The number of nitrogens with one attached hydrogen (secondary N) is 1. The minimum atomic E-state index is -0.880.